The zero-order valence-electron chi connectivity index (χ0n) is 8.66. The summed E-state index contributed by atoms with van der Waals surface area (Å²) in [6.07, 6.45) is -0.550. The molecule has 8 nitrogen and oxygen atoms in total. The number of hydrogen-bond acceptors (Lipinski definition) is 6. The molecule has 0 rings (SSSR count). The number of carboxylic acid groups (broad SMARTS) is 1. The van der Waals surface area contributed by atoms with Crippen molar-refractivity contribution in [3.63, 3.8) is 0 Å². The Kier molecular flexibility index (Phi) is 6.20. The molecular formula is C7H14NO7P. The van der Waals surface area contributed by atoms with Gasteiger partial charge in [-0.05, 0) is 13.3 Å². The molecule has 0 heterocycles. The normalized spacial score (nSPS) is 16.2. The molecule has 16 heavy (non-hydrogen) atoms. The monoisotopic (exact) mass is 255 g/mol. The van der Waals surface area contributed by atoms with Gasteiger partial charge in [0.25, 0.3) is 0 Å². The summed E-state index contributed by atoms with van der Waals surface area (Å²) in [5, 5.41) is 8.41. The first-order valence-corrected chi connectivity index (χ1v) is 5.96. The van der Waals surface area contributed by atoms with Crippen LogP contribution < -0.4 is 5.73 Å². The van der Waals surface area contributed by atoms with Gasteiger partial charge in [-0.2, -0.15) is 0 Å². The fraction of sp³-hybridized carbons (Fsp3) is 0.714. The minimum absolute atomic E-state index is 0.0876. The lowest BCUT2D eigenvalue weighted by molar-refractivity contribution is -0.139. The smallest absolute Gasteiger partial charge is 0.480 e. The molecule has 1 unspecified atom stereocenters. The molecule has 4 N–H and O–H groups in total. The van der Waals surface area contributed by atoms with E-state index in [1.807, 2.05) is 0 Å². The molecule has 0 aromatic rings. The number of carbonyl (C=O) groups excluding carboxylic acids is 1. The van der Waals surface area contributed by atoms with E-state index >= 15 is 0 Å². The zero-order valence-corrected chi connectivity index (χ0v) is 9.55. The molecule has 0 aromatic carbocycles. The molecule has 0 aliphatic heterocycles. The van der Waals surface area contributed by atoms with Crippen molar-refractivity contribution in [2.45, 2.75) is 25.8 Å². The van der Waals surface area contributed by atoms with Gasteiger partial charge in [0, 0.05) is 6.42 Å². The van der Waals surface area contributed by atoms with Gasteiger partial charge >= 0.3 is 19.8 Å². The van der Waals surface area contributed by atoms with Crippen molar-refractivity contribution in [2.75, 3.05) is 6.61 Å². The summed E-state index contributed by atoms with van der Waals surface area (Å²) in [7, 11) is -4.37. The van der Waals surface area contributed by atoms with Crippen LogP contribution in [0.25, 0.3) is 0 Å². The maximum atomic E-state index is 11.0. The molecule has 0 aliphatic rings. The SMILES string of the molecule is CCOP(=O)(O)OC(=O)CC[C@H](N)C(=O)O. The Morgan fingerprint density at radius 1 is 1.50 bits per heavy atom. The second-order valence-corrected chi connectivity index (χ2v) is 4.21. The third kappa shape index (κ3) is 6.52. The predicted octanol–water partition coefficient (Wildman–Crippen LogP) is -0.141. The Bertz CT molecular complexity index is 305. The highest BCUT2D eigenvalue weighted by atomic mass is 31.2. The topological polar surface area (TPSA) is 136 Å². The van der Waals surface area contributed by atoms with E-state index in [9.17, 15) is 14.2 Å². The van der Waals surface area contributed by atoms with Crippen molar-refractivity contribution in [2.24, 2.45) is 5.73 Å². The summed E-state index contributed by atoms with van der Waals surface area (Å²) in [5.74, 6) is -2.29. The van der Waals surface area contributed by atoms with E-state index in [1.54, 1.807) is 0 Å². The van der Waals surface area contributed by atoms with E-state index in [4.69, 9.17) is 15.7 Å². The highest BCUT2D eigenvalue weighted by Crippen LogP contribution is 2.43. The highest BCUT2D eigenvalue weighted by Gasteiger charge is 2.25. The molecule has 0 aliphatic carbocycles. The van der Waals surface area contributed by atoms with Crippen molar-refractivity contribution >= 4 is 19.8 Å². The summed E-state index contributed by atoms with van der Waals surface area (Å²) < 4.78 is 19.3. The average Bonchev–Trinajstić information content (AvgIpc) is 2.12. The standard InChI is InChI=1S/C7H14NO7P/c1-2-14-16(12,13)15-6(9)4-3-5(8)7(10)11/h5H,2-4,8H2,1H3,(H,10,11)(H,12,13)/t5-/m0/s1. The van der Waals surface area contributed by atoms with Gasteiger partial charge in [0.1, 0.15) is 6.04 Å². The van der Waals surface area contributed by atoms with Crippen LogP contribution in [0.3, 0.4) is 0 Å². The van der Waals surface area contributed by atoms with Crippen molar-refractivity contribution in [1.29, 1.82) is 0 Å². The van der Waals surface area contributed by atoms with E-state index in [0.29, 0.717) is 0 Å². The first-order chi connectivity index (χ1) is 7.28. The first-order valence-electron chi connectivity index (χ1n) is 4.46. The van der Waals surface area contributed by atoms with Crippen LogP contribution >= 0.6 is 7.82 Å². The van der Waals surface area contributed by atoms with Crippen LogP contribution in [0, 0.1) is 0 Å². The van der Waals surface area contributed by atoms with Gasteiger partial charge in [0.15, 0.2) is 0 Å². The summed E-state index contributed by atoms with van der Waals surface area (Å²) >= 11 is 0. The van der Waals surface area contributed by atoms with Crippen molar-refractivity contribution in [3.05, 3.63) is 0 Å². The molecule has 0 aromatic heterocycles. The third-order valence-electron chi connectivity index (χ3n) is 1.49. The molecule has 0 radical (unpaired) electrons. The van der Waals surface area contributed by atoms with Crippen LogP contribution in [0.1, 0.15) is 19.8 Å². The molecule has 9 heteroatoms. The van der Waals surface area contributed by atoms with Crippen LogP contribution in [0.2, 0.25) is 0 Å². The van der Waals surface area contributed by atoms with E-state index in [2.05, 4.69) is 9.05 Å². The first kappa shape index (κ1) is 15.0. The fourth-order valence-electron chi connectivity index (χ4n) is 0.761. The van der Waals surface area contributed by atoms with E-state index in [0.717, 1.165) is 0 Å². The van der Waals surface area contributed by atoms with E-state index < -0.39 is 25.8 Å². The Morgan fingerprint density at radius 3 is 2.50 bits per heavy atom. The number of phosphoric ester groups is 1. The number of carboxylic acids is 1. The fourth-order valence-corrected chi connectivity index (χ4v) is 1.49. The lowest BCUT2D eigenvalue weighted by Gasteiger charge is -2.10. The van der Waals surface area contributed by atoms with Crippen LogP contribution in [0.5, 0.6) is 0 Å². The van der Waals surface area contributed by atoms with Gasteiger partial charge in [-0.1, -0.05) is 0 Å². The molecule has 94 valence electrons. The van der Waals surface area contributed by atoms with Crippen molar-refractivity contribution < 1.29 is 33.2 Å². The zero-order chi connectivity index (χ0) is 12.8. The lowest BCUT2D eigenvalue weighted by atomic mass is 10.2. The Morgan fingerprint density at radius 2 is 2.06 bits per heavy atom. The number of carbonyl (C=O) groups is 2. The summed E-state index contributed by atoms with van der Waals surface area (Å²) in [6.45, 7) is 1.37. The number of phosphoric acid groups is 1. The summed E-state index contributed by atoms with van der Waals surface area (Å²) in [5.41, 5.74) is 5.12. The van der Waals surface area contributed by atoms with Gasteiger partial charge in [-0.25, -0.2) is 4.57 Å². The second-order valence-electron chi connectivity index (χ2n) is 2.83. The van der Waals surface area contributed by atoms with Gasteiger partial charge in [0.2, 0.25) is 0 Å². The predicted molar refractivity (Wildman–Crippen MR) is 52.4 cm³/mol. The Balaban J connectivity index is 4.00. The minimum Gasteiger partial charge on any atom is -0.480 e. The molecule has 0 spiro atoms. The number of nitrogens with two attached hydrogens (primary N) is 1. The minimum atomic E-state index is -4.37. The average molecular weight is 255 g/mol. The quantitative estimate of drug-likeness (QED) is 0.534. The molecule has 0 amide bonds. The van der Waals surface area contributed by atoms with E-state index in [-0.39, 0.29) is 19.4 Å². The maximum Gasteiger partial charge on any atom is 0.529 e. The maximum absolute atomic E-state index is 11.0. The molecule has 0 bridgehead atoms. The van der Waals surface area contributed by atoms with E-state index in [1.165, 1.54) is 6.92 Å². The van der Waals surface area contributed by atoms with Crippen LogP contribution in [-0.4, -0.2) is 34.6 Å². The largest absolute Gasteiger partial charge is 0.529 e. The van der Waals surface area contributed by atoms with Crippen LogP contribution in [0.15, 0.2) is 0 Å². The van der Waals surface area contributed by atoms with Gasteiger partial charge in [-0.15, -0.1) is 0 Å². The Labute approximate surface area is 92.0 Å². The third-order valence-corrected chi connectivity index (χ3v) is 2.50. The molecule has 2 atom stereocenters. The number of rotatable bonds is 7. The molecule has 0 saturated heterocycles. The number of hydrogen-bond donors (Lipinski definition) is 3. The van der Waals surface area contributed by atoms with Gasteiger partial charge in [0.05, 0.1) is 6.61 Å². The van der Waals surface area contributed by atoms with Crippen molar-refractivity contribution in [3.8, 4) is 0 Å². The molecule has 0 saturated carbocycles. The molecule has 0 fully saturated rings. The van der Waals surface area contributed by atoms with Crippen LogP contribution in [0.4, 0.5) is 0 Å². The van der Waals surface area contributed by atoms with Crippen molar-refractivity contribution in [1.82, 2.24) is 0 Å². The summed E-state index contributed by atoms with van der Waals surface area (Å²) in [6, 6.07) is -1.21. The number of aliphatic carboxylic acids is 1. The summed E-state index contributed by atoms with van der Waals surface area (Å²) in [4.78, 5) is 30.2. The second kappa shape index (κ2) is 6.59. The van der Waals surface area contributed by atoms with Gasteiger partial charge in [-0.3, -0.25) is 19.0 Å². The lowest BCUT2D eigenvalue weighted by Crippen LogP contribution is -2.30. The molecular weight excluding hydrogens is 241 g/mol. The van der Waals surface area contributed by atoms with Gasteiger partial charge < -0.3 is 15.4 Å². The van der Waals surface area contributed by atoms with Crippen LogP contribution in [-0.2, 0) is 23.2 Å². The highest BCUT2D eigenvalue weighted by molar-refractivity contribution is 7.48. The Hall–Kier alpha value is -0.950.